The molecule has 0 saturated carbocycles. The molecule has 0 N–H and O–H groups in total. The lowest BCUT2D eigenvalue weighted by atomic mass is 9.82. The third-order valence-electron chi connectivity index (χ3n) is 11.8. The minimum absolute atomic E-state index is 0.0879. The summed E-state index contributed by atoms with van der Waals surface area (Å²) in [5.74, 6) is 0. The van der Waals surface area contributed by atoms with Gasteiger partial charge in [0.2, 0.25) is 0 Å². The number of benzene rings is 8. The first-order chi connectivity index (χ1) is 23.2. The fourth-order valence-electron chi connectivity index (χ4n) is 9.22. The average molecular weight is 616 g/mol. The molecule has 10 rings (SSSR count). The van der Waals surface area contributed by atoms with E-state index in [4.69, 9.17) is 0 Å². The fourth-order valence-corrected chi connectivity index (χ4v) is 9.22. The number of anilines is 3. The van der Waals surface area contributed by atoms with E-state index in [9.17, 15) is 0 Å². The van der Waals surface area contributed by atoms with Gasteiger partial charge in [-0.1, -0.05) is 131 Å². The summed E-state index contributed by atoms with van der Waals surface area (Å²) in [6.07, 6.45) is 0. The van der Waals surface area contributed by atoms with Gasteiger partial charge in [0.15, 0.2) is 0 Å². The van der Waals surface area contributed by atoms with Gasteiger partial charge in [-0.15, -0.1) is 0 Å². The molecule has 2 aliphatic carbocycles. The summed E-state index contributed by atoms with van der Waals surface area (Å²) in [7, 11) is 0. The van der Waals surface area contributed by atoms with Gasteiger partial charge in [0, 0.05) is 27.6 Å². The van der Waals surface area contributed by atoms with Crippen molar-refractivity contribution in [3.8, 4) is 22.3 Å². The summed E-state index contributed by atoms with van der Waals surface area (Å²) in [5, 5.41) is 7.91. The first kappa shape index (κ1) is 27.7. The van der Waals surface area contributed by atoms with Gasteiger partial charge in [-0.05, 0) is 114 Å². The van der Waals surface area contributed by atoms with E-state index >= 15 is 0 Å². The maximum absolute atomic E-state index is 2.53. The first-order valence-electron chi connectivity index (χ1n) is 17.2. The van der Waals surface area contributed by atoms with Crippen LogP contribution in [0.15, 0.2) is 133 Å². The van der Waals surface area contributed by atoms with Crippen LogP contribution in [0.3, 0.4) is 0 Å². The molecule has 230 valence electrons. The van der Waals surface area contributed by atoms with Crippen LogP contribution in [0.5, 0.6) is 0 Å². The Morgan fingerprint density at radius 1 is 0.417 bits per heavy atom. The summed E-state index contributed by atoms with van der Waals surface area (Å²) >= 11 is 0. The zero-order valence-corrected chi connectivity index (χ0v) is 28.1. The third kappa shape index (κ3) is 3.51. The van der Waals surface area contributed by atoms with Crippen molar-refractivity contribution >= 4 is 49.4 Å². The first-order valence-corrected chi connectivity index (χ1v) is 17.2. The Morgan fingerprint density at radius 2 is 0.875 bits per heavy atom. The van der Waals surface area contributed by atoms with E-state index in [2.05, 4.69) is 173 Å². The number of hydrogen-bond acceptors (Lipinski definition) is 1. The minimum Gasteiger partial charge on any atom is -0.310 e. The lowest BCUT2D eigenvalue weighted by Crippen LogP contribution is -2.18. The van der Waals surface area contributed by atoms with Crippen LogP contribution >= 0.6 is 0 Å². The number of rotatable bonds is 3. The Kier molecular flexibility index (Phi) is 5.40. The fraction of sp³-hybridized carbons (Fsp3) is 0.149. The van der Waals surface area contributed by atoms with Gasteiger partial charge >= 0.3 is 0 Å². The van der Waals surface area contributed by atoms with Gasteiger partial charge in [0.1, 0.15) is 0 Å². The smallest absolute Gasteiger partial charge is 0.0540 e. The summed E-state index contributed by atoms with van der Waals surface area (Å²) in [4.78, 5) is 2.53. The molecule has 0 aromatic heterocycles. The SMILES string of the molecule is Cc1ccc2ccc3c(N(c4ccc5c(c4)C(C)(C)c4ccccc4-5)c4ccc5c(c4)C(C)(C)c4ccccc4-5)ccc4ccc1c2c43. The predicted octanol–water partition coefficient (Wildman–Crippen LogP) is 13.0. The molecule has 0 radical (unpaired) electrons. The Labute approximate surface area is 282 Å². The van der Waals surface area contributed by atoms with Gasteiger partial charge in [-0.2, -0.15) is 0 Å². The number of nitrogens with zero attached hydrogens (tertiary/aromatic N) is 1. The second-order valence-corrected chi connectivity index (χ2v) is 15.0. The number of fused-ring (bicyclic) bond motifs is 6. The van der Waals surface area contributed by atoms with Crippen LogP contribution in [-0.4, -0.2) is 0 Å². The summed E-state index contributed by atoms with van der Waals surface area (Å²) in [6, 6.07) is 50.6. The maximum atomic E-state index is 2.53. The minimum atomic E-state index is -0.0879. The lowest BCUT2D eigenvalue weighted by molar-refractivity contribution is 0.660. The largest absolute Gasteiger partial charge is 0.310 e. The molecule has 0 amide bonds. The summed E-state index contributed by atoms with van der Waals surface area (Å²) in [5.41, 5.74) is 15.7. The number of aryl methyl sites for hydroxylation is 1. The quantitative estimate of drug-likeness (QED) is 0.179. The Hall–Kier alpha value is -5.40. The molecule has 0 unspecified atom stereocenters. The second kappa shape index (κ2) is 9.36. The van der Waals surface area contributed by atoms with E-state index in [0.717, 1.165) is 0 Å². The molecule has 48 heavy (non-hydrogen) atoms. The highest BCUT2D eigenvalue weighted by molar-refractivity contribution is 6.26. The van der Waals surface area contributed by atoms with Gasteiger partial charge in [-0.25, -0.2) is 0 Å². The van der Waals surface area contributed by atoms with Crippen LogP contribution in [0, 0.1) is 6.92 Å². The molecule has 0 bridgehead atoms. The van der Waals surface area contributed by atoms with Crippen molar-refractivity contribution in [3.05, 3.63) is 161 Å². The Bertz CT molecular complexity index is 2530. The Balaban J connectivity index is 1.26. The second-order valence-electron chi connectivity index (χ2n) is 15.0. The molecule has 2 aliphatic rings. The van der Waals surface area contributed by atoms with Crippen molar-refractivity contribution < 1.29 is 0 Å². The Morgan fingerprint density at radius 3 is 1.46 bits per heavy atom. The zero-order valence-electron chi connectivity index (χ0n) is 28.1. The average Bonchev–Trinajstić information content (AvgIpc) is 3.48. The van der Waals surface area contributed by atoms with Crippen molar-refractivity contribution in [2.24, 2.45) is 0 Å². The van der Waals surface area contributed by atoms with Crippen molar-refractivity contribution in [1.82, 2.24) is 0 Å². The molecule has 0 fully saturated rings. The molecule has 0 spiro atoms. The highest BCUT2D eigenvalue weighted by Gasteiger charge is 2.37. The summed E-state index contributed by atoms with van der Waals surface area (Å²) in [6.45, 7) is 11.7. The van der Waals surface area contributed by atoms with E-state index in [1.54, 1.807) is 0 Å². The lowest BCUT2D eigenvalue weighted by Gasteiger charge is -2.31. The molecule has 0 saturated heterocycles. The van der Waals surface area contributed by atoms with Crippen LogP contribution in [0.1, 0.15) is 55.5 Å². The molecule has 0 aliphatic heterocycles. The molecule has 0 heterocycles. The molecular formula is C47H37N. The van der Waals surface area contributed by atoms with Crippen LogP contribution in [0.4, 0.5) is 17.1 Å². The summed E-state index contributed by atoms with van der Waals surface area (Å²) < 4.78 is 0. The van der Waals surface area contributed by atoms with E-state index in [1.807, 2.05) is 0 Å². The predicted molar refractivity (Wildman–Crippen MR) is 205 cm³/mol. The van der Waals surface area contributed by atoms with Gasteiger partial charge in [0.05, 0.1) is 5.69 Å². The van der Waals surface area contributed by atoms with Crippen molar-refractivity contribution in [1.29, 1.82) is 0 Å². The highest BCUT2D eigenvalue weighted by atomic mass is 15.1. The topological polar surface area (TPSA) is 3.24 Å². The number of hydrogen-bond donors (Lipinski definition) is 0. The van der Waals surface area contributed by atoms with E-state index in [-0.39, 0.29) is 10.8 Å². The highest BCUT2D eigenvalue weighted by Crippen LogP contribution is 2.54. The maximum Gasteiger partial charge on any atom is 0.0540 e. The van der Waals surface area contributed by atoms with Crippen molar-refractivity contribution in [2.45, 2.75) is 45.4 Å². The standard InChI is InChI=1S/C47H37N/c1-28-14-15-29-17-22-38-43(25-18-30-16-21-33(28)44(29)45(30)38)48(31-19-23-36-34-10-6-8-12-39(34)46(2,3)41(36)26-31)32-20-24-37-35-11-7-9-13-40(35)47(4,5)42(37)27-32/h6-27H,1-5H3. The zero-order chi connectivity index (χ0) is 32.5. The van der Waals surface area contributed by atoms with Crippen LogP contribution < -0.4 is 4.90 Å². The van der Waals surface area contributed by atoms with Crippen molar-refractivity contribution in [2.75, 3.05) is 4.90 Å². The van der Waals surface area contributed by atoms with E-state index in [0.29, 0.717) is 0 Å². The third-order valence-corrected chi connectivity index (χ3v) is 11.8. The monoisotopic (exact) mass is 615 g/mol. The van der Waals surface area contributed by atoms with Crippen LogP contribution in [0.2, 0.25) is 0 Å². The molecule has 1 nitrogen and oxygen atoms in total. The normalized spacial score (nSPS) is 15.1. The van der Waals surface area contributed by atoms with Gasteiger partial charge in [0.25, 0.3) is 0 Å². The molecule has 8 aromatic rings. The van der Waals surface area contributed by atoms with E-state index in [1.165, 1.54) is 99.5 Å². The van der Waals surface area contributed by atoms with E-state index < -0.39 is 0 Å². The van der Waals surface area contributed by atoms with Gasteiger partial charge in [-0.3, -0.25) is 0 Å². The molecule has 0 atom stereocenters. The molecular weight excluding hydrogens is 579 g/mol. The van der Waals surface area contributed by atoms with Crippen LogP contribution in [0.25, 0.3) is 54.6 Å². The van der Waals surface area contributed by atoms with Crippen LogP contribution in [-0.2, 0) is 10.8 Å². The van der Waals surface area contributed by atoms with Gasteiger partial charge < -0.3 is 4.90 Å². The molecule has 1 heteroatoms. The molecule has 8 aromatic carbocycles. The van der Waals surface area contributed by atoms with Crippen molar-refractivity contribution in [3.63, 3.8) is 0 Å².